The summed E-state index contributed by atoms with van der Waals surface area (Å²) >= 11 is 0. The summed E-state index contributed by atoms with van der Waals surface area (Å²) in [7, 11) is 3.36. The molecule has 0 aliphatic carbocycles. The molecule has 2 rings (SSSR count). The van der Waals surface area contributed by atoms with Crippen molar-refractivity contribution in [1.29, 1.82) is 0 Å². The van der Waals surface area contributed by atoms with Gasteiger partial charge >= 0.3 is 0 Å². The fourth-order valence-electron chi connectivity index (χ4n) is 2.67. The Morgan fingerprint density at radius 1 is 1.03 bits per heavy atom. The monoisotopic (exact) mass is 513 g/mol. The molecule has 0 atom stereocenters. The molecule has 0 radical (unpaired) electrons. The molecule has 0 unspecified atom stereocenters. The van der Waals surface area contributed by atoms with Crippen LogP contribution in [-0.2, 0) is 17.8 Å². The highest BCUT2D eigenvalue weighted by molar-refractivity contribution is 14.0. The first-order chi connectivity index (χ1) is 13.7. The lowest BCUT2D eigenvalue weighted by Gasteiger charge is -2.14. The number of aryl methyl sites for hydroxylation is 1. The van der Waals surface area contributed by atoms with Gasteiger partial charge in [-0.1, -0.05) is 24.3 Å². The topological polar surface area (TPSA) is 64.1 Å². The summed E-state index contributed by atoms with van der Waals surface area (Å²) in [5.41, 5.74) is 3.35. The Kier molecular flexibility index (Phi) is 12.1. The number of guanidine groups is 1. The maximum Gasteiger partial charge on any atom is 0.191 e. The largest absolute Gasteiger partial charge is 0.496 e. The summed E-state index contributed by atoms with van der Waals surface area (Å²) in [6, 6.07) is 14.2. The summed E-state index contributed by atoms with van der Waals surface area (Å²) in [6.45, 7) is 7.19. The SMILES string of the molecule is CCNC(=NCc1cccc(OCCOC)c1)NCc1ccc(C)cc1OC.I. The number of hydrogen-bond acceptors (Lipinski definition) is 4. The van der Waals surface area contributed by atoms with E-state index in [4.69, 9.17) is 14.2 Å². The van der Waals surface area contributed by atoms with Crippen LogP contribution in [0.25, 0.3) is 0 Å². The van der Waals surface area contributed by atoms with Crippen LogP contribution in [0.4, 0.5) is 0 Å². The molecule has 0 saturated carbocycles. The molecular formula is C22H32IN3O3. The highest BCUT2D eigenvalue weighted by atomic mass is 127. The van der Waals surface area contributed by atoms with Gasteiger partial charge in [-0.25, -0.2) is 4.99 Å². The lowest BCUT2D eigenvalue weighted by molar-refractivity contribution is 0.146. The van der Waals surface area contributed by atoms with Gasteiger partial charge in [0.2, 0.25) is 0 Å². The standard InChI is InChI=1S/C22H31N3O3.HI/c1-5-23-22(25-16-19-10-9-17(2)13-21(19)27-4)24-15-18-7-6-8-20(14-18)28-12-11-26-3;/h6-10,13-14H,5,11-12,15-16H2,1-4H3,(H2,23,24,25);1H. The lowest BCUT2D eigenvalue weighted by atomic mass is 10.1. The molecule has 2 aromatic carbocycles. The first kappa shape index (κ1) is 25.0. The van der Waals surface area contributed by atoms with E-state index in [0.717, 1.165) is 35.1 Å². The predicted octanol–water partition coefficient (Wildman–Crippen LogP) is 3.90. The van der Waals surface area contributed by atoms with E-state index in [2.05, 4.69) is 34.7 Å². The molecule has 160 valence electrons. The summed E-state index contributed by atoms with van der Waals surface area (Å²) in [5.74, 6) is 2.46. The van der Waals surface area contributed by atoms with E-state index < -0.39 is 0 Å². The zero-order valence-corrected chi connectivity index (χ0v) is 20.0. The average molecular weight is 513 g/mol. The van der Waals surface area contributed by atoms with E-state index in [-0.39, 0.29) is 24.0 Å². The van der Waals surface area contributed by atoms with Crippen molar-refractivity contribution in [2.24, 2.45) is 4.99 Å². The minimum atomic E-state index is 0. The molecule has 0 amide bonds. The quantitative estimate of drug-likeness (QED) is 0.219. The third-order valence-electron chi connectivity index (χ3n) is 4.11. The van der Waals surface area contributed by atoms with Gasteiger partial charge in [0.1, 0.15) is 18.1 Å². The molecule has 2 N–H and O–H groups in total. The molecule has 0 aromatic heterocycles. The summed E-state index contributed by atoms with van der Waals surface area (Å²) in [4.78, 5) is 4.68. The highest BCUT2D eigenvalue weighted by Gasteiger charge is 2.05. The van der Waals surface area contributed by atoms with Crippen LogP contribution in [0.1, 0.15) is 23.6 Å². The molecule has 0 bridgehead atoms. The zero-order valence-electron chi connectivity index (χ0n) is 17.7. The Hall–Kier alpha value is -2.00. The fourth-order valence-corrected chi connectivity index (χ4v) is 2.67. The van der Waals surface area contributed by atoms with Crippen LogP contribution in [0.15, 0.2) is 47.5 Å². The summed E-state index contributed by atoms with van der Waals surface area (Å²) in [5, 5.41) is 6.65. The molecular weight excluding hydrogens is 481 g/mol. The Morgan fingerprint density at radius 2 is 1.86 bits per heavy atom. The maximum absolute atomic E-state index is 5.66. The third-order valence-corrected chi connectivity index (χ3v) is 4.11. The second kappa shape index (κ2) is 14.1. The number of benzene rings is 2. The fraction of sp³-hybridized carbons (Fsp3) is 0.409. The Morgan fingerprint density at radius 3 is 2.59 bits per heavy atom. The van der Waals surface area contributed by atoms with Crippen LogP contribution in [0.3, 0.4) is 0 Å². The number of methoxy groups -OCH3 is 2. The second-order valence-electron chi connectivity index (χ2n) is 6.35. The summed E-state index contributed by atoms with van der Waals surface area (Å²) < 4.78 is 16.2. The van der Waals surface area contributed by atoms with Gasteiger partial charge in [0.25, 0.3) is 0 Å². The number of aliphatic imine (C=N–C) groups is 1. The van der Waals surface area contributed by atoms with Crippen molar-refractivity contribution in [3.05, 3.63) is 59.2 Å². The predicted molar refractivity (Wildman–Crippen MR) is 129 cm³/mol. The van der Waals surface area contributed by atoms with E-state index >= 15 is 0 Å². The second-order valence-corrected chi connectivity index (χ2v) is 6.35. The van der Waals surface area contributed by atoms with Crippen molar-refractivity contribution in [1.82, 2.24) is 10.6 Å². The number of ether oxygens (including phenoxy) is 3. The Labute approximate surface area is 191 Å². The van der Waals surface area contributed by atoms with Gasteiger partial charge in [0, 0.05) is 25.8 Å². The molecule has 6 nitrogen and oxygen atoms in total. The van der Waals surface area contributed by atoms with E-state index in [1.807, 2.05) is 37.3 Å². The minimum Gasteiger partial charge on any atom is -0.496 e. The smallest absolute Gasteiger partial charge is 0.191 e. The Bertz CT molecular complexity index is 769. The number of nitrogens with zero attached hydrogens (tertiary/aromatic N) is 1. The van der Waals surface area contributed by atoms with Crippen molar-refractivity contribution >= 4 is 29.9 Å². The molecule has 0 fully saturated rings. The van der Waals surface area contributed by atoms with Crippen LogP contribution in [0.5, 0.6) is 11.5 Å². The average Bonchev–Trinajstić information content (AvgIpc) is 2.71. The van der Waals surface area contributed by atoms with Gasteiger partial charge in [-0.15, -0.1) is 24.0 Å². The van der Waals surface area contributed by atoms with Crippen LogP contribution in [-0.4, -0.2) is 39.9 Å². The first-order valence-corrected chi connectivity index (χ1v) is 9.52. The third kappa shape index (κ3) is 8.91. The maximum atomic E-state index is 5.66. The number of nitrogens with one attached hydrogen (secondary N) is 2. The van der Waals surface area contributed by atoms with Crippen LogP contribution >= 0.6 is 24.0 Å². The zero-order chi connectivity index (χ0) is 20.2. The van der Waals surface area contributed by atoms with Gasteiger partial charge < -0.3 is 24.8 Å². The normalized spacial score (nSPS) is 10.8. The number of halogens is 1. The molecule has 29 heavy (non-hydrogen) atoms. The first-order valence-electron chi connectivity index (χ1n) is 9.52. The van der Waals surface area contributed by atoms with Gasteiger partial charge in [-0.05, 0) is 43.2 Å². The van der Waals surface area contributed by atoms with E-state index in [0.29, 0.717) is 26.3 Å². The molecule has 0 aliphatic rings. The number of hydrogen-bond donors (Lipinski definition) is 2. The molecule has 7 heteroatoms. The molecule has 0 saturated heterocycles. The number of rotatable bonds is 10. The van der Waals surface area contributed by atoms with Crippen LogP contribution in [0, 0.1) is 6.92 Å². The van der Waals surface area contributed by atoms with Gasteiger partial charge in [0.05, 0.1) is 20.3 Å². The Balaban J connectivity index is 0.00000420. The van der Waals surface area contributed by atoms with Crippen molar-refractivity contribution in [2.45, 2.75) is 26.9 Å². The van der Waals surface area contributed by atoms with Gasteiger partial charge in [-0.2, -0.15) is 0 Å². The molecule has 2 aromatic rings. The van der Waals surface area contributed by atoms with Crippen molar-refractivity contribution in [2.75, 3.05) is 34.0 Å². The molecule has 0 spiro atoms. The van der Waals surface area contributed by atoms with Crippen LogP contribution < -0.4 is 20.1 Å². The van der Waals surface area contributed by atoms with Crippen molar-refractivity contribution in [3.8, 4) is 11.5 Å². The van der Waals surface area contributed by atoms with E-state index in [1.165, 1.54) is 5.56 Å². The van der Waals surface area contributed by atoms with Crippen molar-refractivity contribution in [3.63, 3.8) is 0 Å². The van der Waals surface area contributed by atoms with Crippen molar-refractivity contribution < 1.29 is 14.2 Å². The lowest BCUT2D eigenvalue weighted by Crippen LogP contribution is -2.36. The van der Waals surface area contributed by atoms with E-state index in [9.17, 15) is 0 Å². The minimum absolute atomic E-state index is 0. The highest BCUT2D eigenvalue weighted by Crippen LogP contribution is 2.19. The van der Waals surface area contributed by atoms with Gasteiger partial charge in [0.15, 0.2) is 5.96 Å². The van der Waals surface area contributed by atoms with Crippen LogP contribution in [0.2, 0.25) is 0 Å². The van der Waals surface area contributed by atoms with E-state index in [1.54, 1.807) is 14.2 Å². The molecule has 0 heterocycles. The molecule has 0 aliphatic heterocycles. The summed E-state index contributed by atoms with van der Waals surface area (Å²) in [6.07, 6.45) is 0. The van der Waals surface area contributed by atoms with Gasteiger partial charge in [-0.3, -0.25) is 0 Å².